The maximum absolute atomic E-state index is 12.0. The molecule has 0 aliphatic carbocycles. The first-order chi connectivity index (χ1) is 8.81. The minimum absolute atomic E-state index is 0.0102. The first kappa shape index (κ1) is 15.6. The maximum Gasteiger partial charge on any atom is 0.329 e. The Morgan fingerprint density at radius 1 is 1.26 bits per heavy atom. The van der Waals surface area contributed by atoms with Gasteiger partial charge < -0.3 is 9.84 Å². The quantitative estimate of drug-likeness (QED) is 0.719. The Labute approximate surface area is 112 Å². The molecule has 7 heteroatoms. The number of rotatable bonds is 7. The second-order valence-corrected chi connectivity index (χ2v) is 5.93. The van der Waals surface area contributed by atoms with E-state index in [0.717, 1.165) is 11.1 Å². The van der Waals surface area contributed by atoms with Crippen molar-refractivity contribution in [3.63, 3.8) is 0 Å². The van der Waals surface area contributed by atoms with Crippen molar-refractivity contribution in [3.05, 3.63) is 29.3 Å². The average molecular weight is 287 g/mol. The Hall–Kier alpha value is -1.44. The number of ether oxygens (including phenoxy) is 1. The second-order valence-electron chi connectivity index (χ2n) is 4.17. The molecule has 106 valence electrons. The summed E-state index contributed by atoms with van der Waals surface area (Å²) in [6.45, 7) is 3.24. The smallest absolute Gasteiger partial charge is 0.329 e. The number of carbonyl (C=O) groups is 1. The second kappa shape index (κ2) is 6.65. The highest BCUT2D eigenvalue weighted by Crippen LogP contribution is 2.13. The first-order valence-electron chi connectivity index (χ1n) is 5.69. The van der Waals surface area contributed by atoms with Crippen molar-refractivity contribution in [2.45, 2.75) is 18.7 Å². The normalized spacial score (nSPS) is 11.5. The van der Waals surface area contributed by atoms with Gasteiger partial charge in [0.05, 0.1) is 11.5 Å². The van der Waals surface area contributed by atoms with Crippen LogP contribution in [0.1, 0.15) is 11.1 Å². The highest BCUT2D eigenvalue weighted by molar-refractivity contribution is 7.89. The Balaban J connectivity index is 2.58. The van der Waals surface area contributed by atoms with Crippen molar-refractivity contribution in [2.24, 2.45) is 0 Å². The molecule has 1 rings (SSSR count). The van der Waals surface area contributed by atoms with Gasteiger partial charge in [-0.15, -0.1) is 0 Å². The third-order valence-electron chi connectivity index (χ3n) is 2.27. The molecule has 0 heterocycles. The summed E-state index contributed by atoms with van der Waals surface area (Å²) in [7, 11) is -3.58. The third-order valence-corrected chi connectivity index (χ3v) is 3.71. The zero-order valence-electron chi connectivity index (χ0n) is 10.8. The molecular formula is C12H17NO5S. The van der Waals surface area contributed by atoms with Gasteiger partial charge in [0, 0.05) is 6.54 Å². The van der Waals surface area contributed by atoms with E-state index in [-0.39, 0.29) is 18.0 Å². The van der Waals surface area contributed by atoms with E-state index in [1.807, 2.05) is 19.9 Å². The van der Waals surface area contributed by atoms with Crippen LogP contribution < -0.4 is 4.72 Å². The van der Waals surface area contributed by atoms with Crippen LogP contribution >= 0.6 is 0 Å². The van der Waals surface area contributed by atoms with Crippen LogP contribution in [0.3, 0.4) is 0 Å². The Bertz CT molecular complexity index is 533. The van der Waals surface area contributed by atoms with Gasteiger partial charge in [0.15, 0.2) is 0 Å². The fourth-order valence-corrected chi connectivity index (χ4v) is 2.78. The molecule has 19 heavy (non-hydrogen) atoms. The molecule has 0 amide bonds. The number of nitrogens with one attached hydrogen (secondary N) is 1. The lowest BCUT2D eigenvalue weighted by Crippen LogP contribution is -2.28. The van der Waals surface area contributed by atoms with Crippen LogP contribution in [-0.4, -0.2) is 39.3 Å². The molecule has 0 aliphatic heterocycles. The summed E-state index contributed by atoms with van der Waals surface area (Å²) >= 11 is 0. The molecule has 0 saturated heterocycles. The largest absolute Gasteiger partial charge is 0.480 e. The number of carboxylic acid groups (broad SMARTS) is 1. The number of sulfonamides is 1. The van der Waals surface area contributed by atoms with Crippen LogP contribution in [0.25, 0.3) is 0 Å². The molecule has 1 aromatic rings. The molecule has 0 radical (unpaired) electrons. The van der Waals surface area contributed by atoms with E-state index in [4.69, 9.17) is 9.84 Å². The molecule has 0 aliphatic rings. The van der Waals surface area contributed by atoms with Gasteiger partial charge >= 0.3 is 5.97 Å². The fraction of sp³-hybridized carbons (Fsp3) is 0.417. The topological polar surface area (TPSA) is 92.7 Å². The number of benzene rings is 1. The monoisotopic (exact) mass is 287 g/mol. The molecule has 0 atom stereocenters. The van der Waals surface area contributed by atoms with E-state index >= 15 is 0 Å². The summed E-state index contributed by atoms with van der Waals surface area (Å²) in [5.41, 5.74) is 1.73. The van der Waals surface area contributed by atoms with E-state index in [2.05, 4.69) is 4.72 Å². The zero-order valence-corrected chi connectivity index (χ0v) is 11.7. The molecule has 0 saturated carbocycles. The number of carboxylic acids is 1. The van der Waals surface area contributed by atoms with Gasteiger partial charge in [-0.25, -0.2) is 17.9 Å². The molecule has 2 N–H and O–H groups in total. The van der Waals surface area contributed by atoms with Crippen molar-refractivity contribution in [1.29, 1.82) is 0 Å². The average Bonchev–Trinajstić information content (AvgIpc) is 2.26. The molecule has 0 fully saturated rings. The zero-order chi connectivity index (χ0) is 14.5. The summed E-state index contributed by atoms with van der Waals surface area (Å²) in [5.74, 6) is -1.09. The van der Waals surface area contributed by atoms with Crippen LogP contribution in [0.5, 0.6) is 0 Å². The summed E-state index contributed by atoms with van der Waals surface area (Å²) < 4.78 is 31.0. The van der Waals surface area contributed by atoms with Gasteiger partial charge in [-0.05, 0) is 37.1 Å². The number of aryl methyl sites for hydroxylation is 2. The van der Waals surface area contributed by atoms with Crippen LogP contribution in [0, 0.1) is 13.8 Å². The Morgan fingerprint density at radius 3 is 2.37 bits per heavy atom. The standard InChI is InChI=1S/C12H17NO5S/c1-9-5-10(2)7-11(6-9)19(16,17)13-3-4-18-8-12(14)15/h5-7,13H,3-4,8H2,1-2H3,(H,14,15). The number of hydrogen-bond donors (Lipinski definition) is 2. The lowest BCUT2D eigenvalue weighted by atomic mass is 10.2. The van der Waals surface area contributed by atoms with Gasteiger partial charge in [-0.2, -0.15) is 0 Å². The lowest BCUT2D eigenvalue weighted by molar-refractivity contribution is -0.142. The molecule has 1 aromatic carbocycles. The van der Waals surface area contributed by atoms with E-state index in [1.54, 1.807) is 12.1 Å². The van der Waals surface area contributed by atoms with E-state index in [1.165, 1.54) is 0 Å². The summed E-state index contributed by atoms with van der Waals surface area (Å²) in [5, 5.41) is 8.35. The minimum atomic E-state index is -3.58. The first-order valence-corrected chi connectivity index (χ1v) is 7.17. The maximum atomic E-state index is 12.0. The van der Waals surface area contributed by atoms with Gasteiger partial charge in [-0.3, -0.25) is 0 Å². The van der Waals surface area contributed by atoms with Gasteiger partial charge in [0.2, 0.25) is 10.0 Å². The van der Waals surface area contributed by atoms with Gasteiger partial charge in [0.25, 0.3) is 0 Å². The predicted molar refractivity (Wildman–Crippen MR) is 69.6 cm³/mol. The minimum Gasteiger partial charge on any atom is -0.480 e. The van der Waals surface area contributed by atoms with E-state index < -0.39 is 22.6 Å². The highest BCUT2D eigenvalue weighted by atomic mass is 32.2. The van der Waals surface area contributed by atoms with Crippen LogP contribution in [0.15, 0.2) is 23.1 Å². The Kier molecular flexibility index (Phi) is 5.46. The number of aliphatic carboxylic acids is 1. The van der Waals surface area contributed by atoms with Crippen molar-refractivity contribution >= 4 is 16.0 Å². The molecule has 6 nitrogen and oxygen atoms in total. The van der Waals surface area contributed by atoms with Gasteiger partial charge in [-0.1, -0.05) is 6.07 Å². The molecule has 0 bridgehead atoms. The lowest BCUT2D eigenvalue weighted by Gasteiger charge is -2.08. The summed E-state index contributed by atoms with van der Waals surface area (Å²) in [6.07, 6.45) is 0. The van der Waals surface area contributed by atoms with Crippen LogP contribution in [-0.2, 0) is 19.6 Å². The number of hydrogen-bond acceptors (Lipinski definition) is 4. The fourth-order valence-electron chi connectivity index (χ4n) is 1.58. The van der Waals surface area contributed by atoms with Crippen molar-refractivity contribution in [2.75, 3.05) is 19.8 Å². The summed E-state index contributed by atoms with van der Waals surface area (Å²) in [6, 6.07) is 5.04. The van der Waals surface area contributed by atoms with Gasteiger partial charge in [0.1, 0.15) is 6.61 Å². The Morgan fingerprint density at radius 2 is 1.84 bits per heavy atom. The van der Waals surface area contributed by atoms with Crippen LogP contribution in [0.4, 0.5) is 0 Å². The summed E-state index contributed by atoms with van der Waals surface area (Å²) in [4.78, 5) is 10.4. The predicted octanol–water partition coefficient (Wildman–Crippen LogP) is 0.683. The van der Waals surface area contributed by atoms with Crippen molar-refractivity contribution in [3.8, 4) is 0 Å². The molecular weight excluding hydrogens is 270 g/mol. The highest BCUT2D eigenvalue weighted by Gasteiger charge is 2.14. The van der Waals surface area contributed by atoms with E-state index in [9.17, 15) is 13.2 Å². The molecule has 0 aromatic heterocycles. The molecule has 0 spiro atoms. The van der Waals surface area contributed by atoms with Crippen molar-refractivity contribution in [1.82, 2.24) is 4.72 Å². The van der Waals surface area contributed by atoms with Crippen molar-refractivity contribution < 1.29 is 23.1 Å². The van der Waals surface area contributed by atoms with Crippen LogP contribution in [0.2, 0.25) is 0 Å². The molecule has 0 unspecified atom stereocenters. The third kappa shape index (κ3) is 5.37. The SMILES string of the molecule is Cc1cc(C)cc(S(=O)(=O)NCCOCC(=O)O)c1. The van der Waals surface area contributed by atoms with E-state index in [0.29, 0.717) is 0 Å².